The fourth-order valence-corrected chi connectivity index (χ4v) is 3.96. The smallest absolute Gasteiger partial charge is 0.0356 e. The summed E-state index contributed by atoms with van der Waals surface area (Å²) in [5, 5.41) is 3.70. The fraction of sp³-hybridized carbons (Fsp3) is 0.368. The van der Waals surface area contributed by atoms with Gasteiger partial charge >= 0.3 is 0 Å². The Balaban J connectivity index is 1.58. The number of rotatable bonds is 3. The van der Waals surface area contributed by atoms with E-state index in [1.807, 2.05) is 0 Å². The van der Waals surface area contributed by atoms with Crippen molar-refractivity contribution < 1.29 is 0 Å². The van der Waals surface area contributed by atoms with Crippen molar-refractivity contribution in [1.29, 1.82) is 0 Å². The zero-order valence-corrected chi connectivity index (χ0v) is 14.1. The van der Waals surface area contributed by atoms with Crippen molar-refractivity contribution >= 4 is 21.6 Å². The molecule has 2 aromatic rings. The second-order valence-electron chi connectivity index (χ2n) is 6.12. The fourth-order valence-electron chi connectivity index (χ4n) is 3.35. The lowest BCUT2D eigenvalue weighted by Gasteiger charge is -2.30. The zero-order chi connectivity index (χ0) is 14.7. The number of anilines is 1. The first kappa shape index (κ1) is 14.6. The van der Waals surface area contributed by atoms with Gasteiger partial charge in [0.15, 0.2) is 0 Å². The molecule has 0 heterocycles. The number of benzene rings is 2. The van der Waals surface area contributed by atoms with Crippen molar-refractivity contribution in [2.45, 2.75) is 44.6 Å². The average molecular weight is 344 g/mol. The van der Waals surface area contributed by atoms with Gasteiger partial charge in [0.1, 0.15) is 0 Å². The molecule has 110 valence electrons. The highest BCUT2D eigenvalue weighted by Gasteiger charge is 2.22. The number of halogens is 1. The van der Waals surface area contributed by atoms with Crippen LogP contribution in [-0.2, 0) is 0 Å². The predicted octanol–water partition coefficient (Wildman–Crippen LogP) is 5.90. The van der Waals surface area contributed by atoms with Crippen molar-refractivity contribution in [3.8, 4) is 0 Å². The molecular weight excluding hydrogens is 322 g/mol. The van der Waals surface area contributed by atoms with E-state index in [9.17, 15) is 0 Å². The topological polar surface area (TPSA) is 12.0 Å². The molecule has 0 saturated heterocycles. The number of nitrogens with one attached hydrogen (secondary N) is 1. The second-order valence-corrected chi connectivity index (χ2v) is 7.04. The van der Waals surface area contributed by atoms with Crippen molar-refractivity contribution in [2.24, 2.45) is 0 Å². The summed E-state index contributed by atoms with van der Waals surface area (Å²) in [6.07, 6.45) is 5.08. The van der Waals surface area contributed by atoms with Gasteiger partial charge in [0, 0.05) is 16.2 Å². The van der Waals surface area contributed by atoms with Gasteiger partial charge in [0.25, 0.3) is 0 Å². The largest absolute Gasteiger partial charge is 0.382 e. The van der Waals surface area contributed by atoms with Crippen LogP contribution in [-0.4, -0.2) is 6.04 Å². The Morgan fingerprint density at radius 3 is 2.33 bits per heavy atom. The molecule has 0 bridgehead atoms. The summed E-state index contributed by atoms with van der Waals surface area (Å²) in [6, 6.07) is 18.1. The molecule has 0 atom stereocenters. The maximum absolute atomic E-state index is 3.70. The average Bonchev–Trinajstić information content (AvgIpc) is 2.48. The first-order chi connectivity index (χ1) is 10.2. The van der Waals surface area contributed by atoms with Gasteiger partial charge in [-0.3, -0.25) is 0 Å². The van der Waals surface area contributed by atoms with E-state index >= 15 is 0 Å². The molecule has 2 heteroatoms. The van der Waals surface area contributed by atoms with E-state index in [0.29, 0.717) is 6.04 Å². The summed E-state index contributed by atoms with van der Waals surface area (Å²) < 4.78 is 1.16. The highest BCUT2D eigenvalue weighted by atomic mass is 79.9. The van der Waals surface area contributed by atoms with Crippen LogP contribution in [0.15, 0.2) is 53.0 Å². The van der Waals surface area contributed by atoms with E-state index in [-0.39, 0.29) is 0 Å². The maximum atomic E-state index is 3.70. The van der Waals surface area contributed by atoms with Crippen LogP contribution in [0.3, 0.4) is 0 Å². The van der Waals surface area contributed by atoms with E-state index < -0.39 is 0 Å². The molecule has 0 aromatic heterocycles. The summed E-state index contributed by atoms with van der Waals surface area (Å²) in [5.41, 5.74) is 4.05. The Labute approximate surface area is 135 Å². The summed E-state index contributed by atoms with van der Waals surface area (Å²) in [5.74, 6) is 0.744. The Bertz CT molecular complexity index is 566. The Morgan fingerprint density at radius 2 is 1.67 bits per heavy atom. The lowest BCUT2D eigenvalue weighted by Crippen LogP contribution is -2.25. The monoisotopic (exact) mass is 343 g/mol. The normalized spacial score (nSPS) is 22.0. The molecule has 21 heavy (non-hydrogen) atoms. The highest BCUT2D eigenvalue weighted by molar-refractivity contribution is 9.10. The third kappa shape index (κ3) is 3.88. The minimum Gasteiger partial charge on any atom is -0.382 e. The van der Waals surface area contributed by atoms with Crippen molar-refractivity contribution in [2.75, 3.05) is 5.32 Å². The SMILES string of the molecule is Cc1cc(Br)cc(NC2CCC(c3ccccc3)CC2)c1. The minimum absolute atomic E-state index is 0.610. The highest BCUT2D eigenvalue weighted by Crippen LogP contribution is 2.34. The zero-order valence-electron chi connectivity index (χ0n) is 12.5. The number of hydrogen-bond acceptors (Lipinski definition) is 1. The van der Waals surface area contributed by atoms with Crippen LogP contribution in [0.5, 0.6) is 0 Å². The Hall–Kier alpha value is -1.28. The standard InChI is InChI=1S/C19H22BrN/c1-14-11-17(20)13-19(12-14)21-18-9-7-16(8-10-18)15-5-3-2-4-6-15/h2-6,11-13,16,18,21H,7-10H2,1H3. The molecule has 0 aliphatic heterocycles. The third-order valence-electron chi connectivity index (χ3n) is 4.41. The Kier molecular flexibility index (Phi) is 4.64. The van der Waals surface area contributed by atoms with Gasteiger partial charge in [-0.1, -0.05) is 46.3 Å². The van der Waals surface area contributed by atoms with Crippen LogP contribution >= 0.6 is 15.9 Å². The predicted molar refractivity (Wildman–Crippen MR) is 93.9 cm³/mol. The van der Waals surface area contributed by atoms with Gasteiger partial charge in [0.2, 0.25) is 0 Å². The van der Waals surface area contributed by atoms with Crippen molar-refractivity contribution in [3.63, 3.8) is 0 Å². The van der Waals surface area contributed by atoms with Crippen LogP contribution in [0.1, 0.15) is 42.7 Å². The summed E-state index contributed by atoms with van der Waals surface area (Å²) in [4.78, 5) is 0. The molecule has 1 aliphatic rings. The number of hydrogen-bond donors (Lipinski definition) is 1. The van der Waals surface area contributed by atoms with Crippen molar-refractivity contribution in [1.82, 2.24) is 0 Å². The van der Waals surface area contributed by atoms with E-state index in [1.165, 1.54) is 42.5 Å². The molecule has 3 rings (SSSR count). The van der Waals surface area contributed by atoms with Gasteiger partial charge in [-0.05, 0) is 67.9 Å². The van der Waals surface area contributed by atoms with Gasteiger partial charge in [-0.25, -0.2) is 0 Å². The molecule has 0 spiro atoms. The first-order valence-corrected chi connectivity index (χ1v) is 8.59. The quantitative estimate of drug-likeness (QED) is 0.731. The van der Waals surface area contributed by atoms with Gasteiger partial charge in [-0.15, -0.1) is 0 Å². The van der Waals surface area contributed by atoms with Crippen LogP contribution in [0, 0.1) is 6.92 Å². The summed E-state index contributed by atoms with van der Waals surface area (Å²) in [7, 11) is 0. The molecule has 0 unspecified atom stereocenters. The second kappa shape index (κ2) is 6.65. The third-order valence-corrected chi connectivity index (χ3v) is 4.87. The Morgan fingerprint density at radius 1 is 0.952 bits per heavy atom. The van der Waals surface area contributed by atoms with E-state index in [2.05, 4.69) is 76.7 Å². The van der Waals surface area contributed by atoms with Crippen LogP contribution in [0.25, 0.3) is 0 Å². The molecular formula is C19H22BrN. The van der Waals surface area contributed by atoms with Crippen LogP contribution < -0.4 is 5.32 Å². The van der Waals surface area contributed by atoms with E-state index in [0.717, 1.165) is 10.4 Å². The van der Waals surface area contributed by atoms with Crippen LogP contribution in [0.2, 0.25) is 0 Å². The van der Waals surface area contributed by atoms with Crippen LogP contribution in [0.4, 0.5) is 5.69 Å². The minimum atomic E-state index is 0.610. The molecule has 1 fully saturated rings. The maximum Gasteiger partial charge on any atom is 0.0356 e. The molecule has 0 radical (unpaired) electrons. The molecule has 1 saturated carbocycles. The summed E-state index contributed by atoms with van der Waals surface area (Å²) in [6.45, 7) is 2.14. The lowest BCUT2D eigenvalue weighted by molar-refractivity contribution is 0.412. The molecule has 1 N–H and O–H groups in total. The molecule has 2 aromatic carbocycles. The lowest BCUT2D eigenvalue weighted by atomic mass is 9.82. The van der Waals surface area contributed by atoms with Gasteiger partial charge in [0.05, 0.1) is 0 Å². The van der Waals surface area contributed by atoms with Crippen molar-refractivity contribution in [3.05, 3.63) is 64.1 Å². The summed E-state index contributed by atoms with van der Waals surface area (Å²) >= 11 is 3.58. The molecule has 0 amide bonds. The number of aryl methyl sites for hydroxylation is 1. The first-order valence-electron chi connectivity index (χ1n) is 7.79. The van der Waals surface area contributed by atoms with E-state index in [1.54, 1.807) is 0 Å². The van der Waals surface area contributed by atoms with Gasteiger partial charge < -0.3 is 5.32 Å². The van der Waals surface area contributed by atoms with Gasteiger partial charge in [-0.2, -0.15) is 0 Å². The van der Waals surface area contributed by atoms with E-state index in [4.69, 9.17) is 0 Å². The molecule has 1 aliphatic carbocycles. The molecule has 1 nitrogen and oxygen atoms in total.